The van der Waals surface area contributed by atoms with E-state index in [0.717, 1.165) is 45.9 Å². The van der Waals surface area contributed by atoms with Crippen molar-refractivity contribution in [2.24, 2.45) is 0 Å². The van der Waals surface area contributed by atoms with Gasteiger partial charge in [0.1, 0.15) is 17.5 Å². The normalized spacial score (nSPS) is 12.1. The minimum atomic E-state index is -4.50. The molecule has 3 heterocycles. The summed E-state index contributed by atoms with van der Waals surface area (Å²) in [5, 5.41) is 19.1. The van der Waals surface area contributed by atoms with Gasteiger partial charge in [0.15, 0.2) is 0 Å². The number of carbonyl (C=O) groups excluding carboxylic acids is 1. The molecule has 0 saturated carbocycles. The largest absolute Gasteiger partial charge is 0.433 e. The Hall–Kier alpha value is -4.52. The van der Waals surface area contributed by atoms with Gasteiger partial charge in [-0.25, -0.2) is 4.98 Å². The van der Waals surface area contributed by atoms with Crippen molar-refractivity contribution in [1.82, 2.24) is 25.5 Å². The summed E-state index contributed by atoms with van der Waals surface area (Å²) in [5.74, 6) is -0.340. The highest BCUT2D eigenvalue weighted by atomic mass is 19.4. The van der Waals surface area contributed by atoms with Crippen LogP contribution in [0.25, 0.3) is 22.5 Å². The third-order valence-electron chi connectivity index (χ3n) is 5.59. The maximum absolute atomic E-state index is 12.6. The van der Waals surface area contributed by atoms with E-state index in [-0.39, 0.29) is 12.5 Å². The number of alkyl halides is 3. The number of pyridine rings is 2. The molecule has 0 spiro atoms. The van der Waals surface area contributed by atoms with Gasteiger partial charge in [0.25, 0.3) is 5.91 Å². The van der Waals surface area contributed by atoms with Gasteiger partial charge in [-0.05, 0) is 41.5 Å². The Kier molecular flexibility index (Phi) is 5.09. The number of nitrogens with one attached hydrogen (secondary N) is 2. The molecule has 0 saturated heterocycles. The molecular formula is C24H15F3N6O. The van der Waals surface area contributed by atoms with Crippen molar-refractivity contribution >= 4 is 5.91 Å². The smallest absolute Gasteiger partial charge is 0.348 e. The number of aromatic amines is 1. The summed E-state index contributed by atoms with van der Waals surface area (Å²) < 4.78 is 37.9. The Morgan fingerprint density at radius 2 is 1.97 bits per heavy atom. The van der Waals surface area contributed by atoms with Crippen molar-refractivity contribution < 1.29 is 18.0 Å². The lowest BCUT2D eigenvalue weighted by atomic mass is 10.0. The molecule has 0 fully saturated rings. The molecule has 0 unspecified atom stereocenters. The van der Waals surface area contributed by atoms with Crippen LogP contribution < -0.4 is 5.32 Å². The molecule has 1 aliphatic rings. The lowest BCUT2D eigenvalue weighted by Gasteiger charge is -2.09. The van der Waals surface area contributed by atoms with Gasteiger partial charge in [0, 0.05) is 47.6 Å². The number of hydrogen-bond donors (Lipinski definition) is 2. The van der Waals surface area contributed by atoms with Gasteiger partial charge in [-0.3, -0.25) is 14.9 Å². The number of amides is 1. The number of nitrogens with zero attached hydrogens (tertiary/aromatic N) is 4. The minimum absolute atomic E-state index is 0.0554. The summed E-state index contributed by atoms with van der Waals surface area (Å²) >= 11 is 0. The second-order valence-electron chi connectivity index (χ2n) is 7.75. The lowest BCUT2D eigenvalue weighted by molar-refractivity contribution is -0.141. The highest BCUT2D eigenvalue weighted by Gasteiger charge is 2.32. The predicted octanol–water partition coefficient (Wildman–Crippen LogP) is 4.26. The quantitative estimate of drug-likeness (QED) is 0.417. The number of aromatic nitrogens is 4. The third kappa shape index (κ3) is 3.88. The number of halogens is 3. The fourth-order valence-corrected chi connectivity index (χ4v) is 3.90. The summed E-state index contributed by atoms with van der Waals surface area (Å²) in [6, 6.07) is 12.9. The summed E-state index contributed by atoms with van der Waals surface area (Å²) in [6.45, 7) is 0.0554. The first kappa shape index (κ1) is 21.3. The summed E-state index contributed by atoms with van der Waals surface area (Å²) in [6.07, 6.45) is -1.23. The van der Waals surface area contributed by atoms with Crippen LogP contribution in [0.15, 0.2) is 54.9 Å². The van der Waals surface area contributed by atoms with Gasteiger partial charge >= 0.3 is 6.18 Å². The lowest BCUT2D eigenvalue weighted by Crippen LogP contribution is -2.23. The Balaban J connectivity index is 1.30. The summed E-state index contributed by atoms with van der Waals surface area (Å²) in [7, 11) is 0. The van der Waals surface area contributed by atoms with Gasteiger partial charge in [0.2, 0.25) is 0 Å². The first-order valence-corrected chi connectivity index (χ1v) is 10.2. The molecule has 3 aromatic heterocycles. The van der Waals surface area contributed by atoms with Crippen LogP contribution in [-0.4, -0.2) is 26.1 Å². The average Bonchev–Trinajstić information content (AvgIpc) is 3.41. The SMILES string of the molecule is N#Cc1ccc(-c2n[nH]c3c2Cc2cc(C(=O)NCc4ccc(C(F)(F)F)nc4)ccc2-3)cn1. The second kappa shape index (κ2) is 8.12. The fraction of sp³-hybridized carbons (Fsp3) is 0.125. The van der Waals surface area contributed by atoms with Crippen molar-refractivity contribution in [1.29, 1.82) is 5.26 Å². The van der Waals surface area contributed by atoms with Crippen molar-refractivity contribution in [2.45, 2.75) is 19.1 Å². The Bertz CT molecular complexity index is 1430. The van der Waals surface area contributed by atoms with Gasteiger partial charge in [-0.2, -0.15) is 23.5 Å². The molecule has 0 bridgehead atoms. The Labute approximate surface area is 191 Å². The number of hydrogen-bond acceptors (Lipinski definition) is 5. The van der Waals surface area contributed by atoms with Crippen LogP contribution in [0.1, 0.15) is 38.4 Å². The van der Waals surface area contributed by atoms with E-state index in [1.54, 1.807) is 30.5 Å². The molecule has 1 amide bonds. The van der Waals surface area contributed by atoms with Crippen LogP contribution in [0.3, 0.4) is 0 Å². The fourth-order valence-electron chi connectivity index (χ4n) is 3.90. The number of benzene rings is 1. The molecule has 1 aromatic carbocycles. The van der Waals surface area contributed by atoms with E-state index in [4.69, 9.17) is 5.26 Å². The highest BCUT2D eigenvalue weighted by Crippen LogP contribution is 2.40. The van der Waals surface area contributed by atoms with E-state index in [9.17, 15) is 18.0 Å². The predicted molar refractivity (Wildman–Crippen MR) is 115 cm³/mol. The maximum atomic E-state index is 12.6. The molecule has 0 atom stereocenters. The molecule has 4 aromatic rings. The van der Waals surface area contributed by atoms with Crippen LogP contribution in [-0.2, 0) is 19.1 Å². The monoisotopic (exact) mass is 460 g/mol. The number of carbonyl (C=O) groups is 1. The Morgan fingerprint density at radius 3 is 2.65 bits per heavy atom. The van der Waals surface area contributed by atoms with Gasteiger partial charge in [-0.15, -0.1) is 0 Å². The van der Waals surface area contributed by atoms with Gasteiger partial charge < -0.3 is 5.32 Å². The van der Waals surface area contributed by atoms with E-state index >= 15 is 0 Å². The van der Waals surface area contributed by atoms with Gasteiger partial charge in [-0.1, -0.05) is 12.1 Å². The zero-order valence-electron chi connectivity index (χ0n) is 17.4. The number of rotatable bonds is 4. The van der Waals surface area contributed by atoms with Crippen LogP contribution in [0, 0.1) is 11.3 Å². The molecule has 10 heteroatoms. The van der Waals surface area contributed by atoms with Crippen molar-refractivity contribution in [2.75, 3.05) is 0 Å². The molecule has 0 radical (unpaired) electrons. The van der Waals surface area contributed by atoms with E-state index in [1.165, 1.54) is 6.07 Å². The standard InChI is InChI=1S/C24H15F3N6O/c25-24(26,27)20-6-1-13(10-30-20)11-31-23(34)14-3-5-18-16(7-14)8-19-21(32-33-22(18)19)15-2-4-17(9-28)29-12-15/h1-7,10,12H,8,11H2,(H,31,34)(H,32,33). The van der Waals surface area contributed by atoms with E-state index < -0.39 is 11.9 Å². The van der Waals surface area contributed by atoms with Crippen molar-refractivity contribution in [3.8, 4) is 28.6 Å². The van der Waals surface area contributed by atoms with Crippen LogP contribution in [0.4, 0.5) is 13.2 Å². The van der Waals surface area contributed by atoms with E-state index in [0.29, 0.717) is 23.2 Å². The molecular weight excluding hydrogens is 445 g/mol. The van der Waals surface area contributed by atoms with Crippen molar-refractivity contribution in [3.05, 3.63) is 88.5 Å². The molecule has 34 heavy (non-hydrogen) atoms. The summed E-state index contributed by atoms with van der Waals surface area (Å²) in [4.78, 5) is 20.1. The van der Waals surface area contributed by atoms with E-state index in [2.05, 4.69) is 25.5 Å². The number of H-pyrrole nitrogens is 1. The van der Waals surface area contributed by atoms with Crippen LogP contribution >= 0.6 is 0 Å². The molecule has 0 aliphatic heterocycles. The topological polar surface area (TPSA) is 107 Å². The maximum Gasteiger partial charge on any atom is 0.433 e. The molecule has 5 rings (SSSR count). The zero-order chi connectivity index (χ0) is 23.9. The number of nitriles is 1. The number of fused-ring (bicyclic) bond motifs is 3. The zero-order valence-corrected chi connectivity index (χ0v) is 17.4. The van der Waals surface area contributed by atoms with Gasteiger partial charge in [0.05, 0.1) is 11.4 Å². The van der Waals surface area contributed by atoms with E-state index in [1.807, 2.05) is 12.1 Å². The first-order valence-electron chi connectivity index (χ1n) is 10.2. The molecule has 2 N–H and O–H groups in total. The molecule has 168 valence electrons. The highest BCUT2D eigenvalue weighted by molar-refractivity contribution is 5.95. The summed E-state index contributed by atoms with van der Waals surface area (Å²) in [5.41, 5.74) is 5.53. The third-order valence-corrected chi connectivity index (χ3v) is 5.59. The molecule has 1 aliphatic carbocycles. The molecule has 7 nitrogen and oxygen atoms in total. The van der Waals surface area contributed by atoms with Crippen LogP contribution in [0.5, 0.6) is 0 Å². The first-order chi connectivity index (χ1) is 16.3. The Morgan fingerprint density at radius 1 is 1.12 bits per heavy atom. The average molecular weight is 460 g/mol. The van der Waals surface area contributed by atoms with Crippen LogP contribution in [0.2, 0.25) is 0 Å². The van der Waals surface area contributed by atoms with Crippen molar-refractivity contribution in [3.63, 3.8) is 0 Å². The second-order valence-corrected chi connectivity index (χ2v) is 7.75. The minimum Gasteiger partial charge on any atom is -0.348 e.